The Kier molecular flexibility index (Phi) is 16.3. The number of nitrogens with zero attached hydrogens (tertiary/aromatic N) is 1. The molecule has 0 aliphatic heterocycles. The van der Waals surface area contributed by atoms with Crippen LogP contribution < -0.4 is 0 Å². The minimum atomic E-state index is 1.11. The molecular weight excluding hydrogens is 146 g/mol. The summed E-state index contributed by atoms with van der Waals surface area (Å²) in [4.78, 5) is 2.00. The fourth-order valence-corrected chi connectivity index (χ4v) is 0.780. The topological polar surface area (TPSA) is 3.24 Å². The summed E-state index contributed by atoms with van der Waals surface area (Å²) in [7, 11) is 6.00. The van der Waals surface area contributed by atoms with Gasteiger partial charge in [0.1, 0.15) is 0 Å². The van der Waals surface area contributed by atoms with Crippen LogP contribution in [0.1, 0.15) is 45.4 Å². The zero-order valence-electron chi connectivity index (χ0n) is 9.40. The van der Waals surface area contributed by atoms with Crippen LogP contribution >= 0.6 is 0 Å². The van der Waals surface area contributed by atoms with Crippen molar-refractivity contribution in [1.82, 2.24) is 4.90 Å². The number of hydrogen-bond donors (Lipinski definition) is 0. The molecule has 1 radical (unpaired) electrons. The minimum absolute atomic E-state index is 1.11. The second kappa shape index (κ2) is 13.5. The first-order valence-corrected chi connectivity index (χ1v) is 5.05. The Labute approximate surface area is 79.2 Å². The third-order valence-electron chi connectivity index (χ3n) is 1.35. The summed E-state index contributed by atoms with van der Waals surface area (Å²) < 4.78 is 0. The molecular formula is C11H26N. The van der Waals surface area contributed by atoms with Crippen molar-refractivity contribution < 1.29 is 0 Å². The van der Waals surface area contributed by atoms with Crippen molar-refractivity contribution in [2.24, 2.45) is 0 Å². The highest BCUT2D eigenvalue weighted by atomic mass is 15.0. The summed E-state index contributed by atoms with van der Waals surface area (Å²) in [5, 5.41) is 0. The van der Waals surface area contributed by atoms with Crippen molar-refractivity contribution in [2.45, 2.75) is 45.4 Å². The standard InChI is InChI=1S/C8H17.C3H9N/c1-3-5-7-8-6-4-2;1-4(2)3/h1,3-8H2,2H3;1-3H3. The summed E-state index contributed by atoms with van der Waals surface area (Å²) in [6, 6.07) is 0. The van der Waals surface area contributed by atoms with E-state index in [9.17, 15) is 0 Å². The fourth-order valence-electron chi connectivity index (χ4n) is 0.780. The van der Waals surface area contributed by atoms with Crippen LogP contribution in [0.3, 0.4) is 0 Å². The molecule has 0 amide bonds. The maximum atomic E-state index is 3.78. The van der Waals surface area contributed by atoms with E-state index in [1.54, 1.807) is 0 Å². The van der Waals surface area contributed by atoms with Crippen LogP contribution in [-0.2, 0) is 0 Å². The lowest BCUT2D eigenvalue weighted by atomic mass is 10.1. The van der Waals surface area contributed by atoms with Crippen LogP contribution in [0.2, 0.25) is 0 Å². The quantitative estimate of drug-likeness (QED) is 0.575. The molecule has 0 N–H and O–H groups in total. The average molecular weight is 172 g/mol. The Morgan fingerprint density at radius 2 is 1.33 bits per heavy atom. The third-order valence-corrected chi connectivity index (χ3v) is 1.35. The molecule has 0 aromatic rings. The summed E-state index contributed by atoms with van der Waals surface area (Å²) in [6.45, 7) is 6.02. The Bertz CT molecular complexity index is 51.3. The van der Waals surface area contributed by atoms with Gasteiger partial charge in [0, 0.05) is 0 Å². The molecule has 1 nitrogen and oxygen atoms in total. The van der Waals surface area contributed by atoms with Gasteiger partial charge in [0.15, 0.2) is 0 Å². The van der Waals surface area contributed by atoms with Crippen molar-refractivity contribution in [3.63, 3.8) is 0 Å². The van der Waals surface area contributed by atoms with E-state index in [1.807, 2.05) is 26.0 Å². The van der Waals surface area contributed by atoms with Gasteiger partial charge in [-0.3, -0.25) is 0 Å². The van der Waals surface area contributed by atoms with Crippen LogP contribution in [0.15, 0.2) is 0 Å². The van der Waals surface area contributed by atoms with Crippen molar-refractivity contribution in [3.8, 4) is 0 Å². The van der Waals surface area contributed by atoms with Crippen LogP contribution in [0.4, 0.5) is 0 Å². The van der Waals surface area contributed by atoms with Crippen molar-refractivity contribution in [3.05, 3.63) is 6.92 Å². The van der Waals surface area contributed by atoms with Crippen molar-refractivity contribution in [1.29, 1.82) is 0 Å². The van der Waals surface area contributed by atoms with Crippen molar-refractivity contribution in [2.75, 3.05) is 21.1 Å². The summed E-state index contributed by atoms with van der Waals surface area (Å²) >= 11 is 0. The Morgan fingerprint density at radius 1 is 0.917 bits per heavy atom. The molecule has 0 saturated heterocycles. The smallest absolute Gasteiger partial charge is 0.0140 e. The van der Waals surface area contributed by atoms with Crippen molar-refractivity contribution >= 4 is 0 Å². The third kappa shape index (κ3) is 32.5. The zero-order valence-corrected chi connectivity index (χ0v) is 9.40. The molecule has 0 atom stereocenters. The van der Waals surface area contributed by atoms with Gasteiger partial charge in [0.05, 0.1) is 0 Å². The highest BCUT2D eigenvalue weighted by Gasteiger charge is 1.83. The molecule has 0 unspecified atom stereocenters. The molecule has 0 aromatic heterocycles. The SMILES string of the molecule is CN(C)C.[CH2]CCCCCCC. The van der Waals surface area contributed by atoms with Gasteiger partial charge in [-0.1, -0.05) is 52.4 Å². The van der Waals surface area contributed by atoms with Gasteiger partial charge < -0.3 is 4.90 Å². The van der Waals surface area contributed by atoms with Crippen LogP contribution in [0, 0.1) is 6.92 Å². The maximum absolute atomic E-state index is 3.78. The van der Waals surface area contributed by atoms with E-state index in [4.69, 9.17) is 0 Å². The molecule has 12 heavy (non-hydrogen) atoms. The largest absolute Gasteiger partial charge is 0.312 e. The Balaban J connectivity index is 0. The minimum Gasteiger partial charge on any atom is -0.312 e. The zero-order chi connectivity index (χ0) is 9.82. The van der Waals surface area contributed by atoms with E-state index in [2.05, 4.69) is 13.8 Å². The summed E-state index contributed by atoms with van der Waals surface area (Å²) in [6.07, 6.45) is 7.98. The second-order valence-corrected chi connectivity index (χ2v) is 3.61. The molecule has 1 heteroatoms. The van der Waals surface area contributed by atoms with E-state index in [-0.39, 0.29) is 0 Å². The molecule has 0 spiro atoms. The average Bonchev–Trinajstić information content (AvgIpc) is 1.97. The Hall–Kier alpha value is -0.0400. The summed E-state index contributed by atoms with van der Waals surface area (Å²) in [5.74, 6) is 0. The fraction of sp³-hybridized carbons (Fsp3) is 0.909. The van der Waals surface area contributed by atoms with E-state index in [0.717, 1.165) is 6.42 Å². The molecule has 0 aliphatic carbocycles. The van der Waals surface area contributed by atoms with Gasteiger partial charge >= 0.3 is 0 Å². The highest BCUT2D eigenvalue weighted by molar-refractivity contribution is 4.43. The van der Waals surface area contributed by atoms with Gasteiger partial charge in [-0.2, -0.15) is 0 Å². The van der Waals surface area contributed by atoms with Gasteiger partial charge in [0.25, 0.3) is 0 Å². The highest BCUT2D eigenvalue weighted by Crippen LogP contribution is 2.03. The van der Waals surface area contributed by atoms with Crippen LogP contribution in [-0.4, -0.2) is 26.0 Å². The molecule has 0 saturated carbocycles. The lowest BCUT2D eigenvalue weighted by Crippen LogP contribution is -1.99. The predicted molar refractivity (Wildman–Crippen MR) is 58.3 cm³/mol. The van der Waals surface area contributed by atoms with Gasteiger partial charge in [-0.15, -0.1) is 0 Å². The Morgan fingerprint density at radius 3 is 1.67 bits per heavy atom. The lowest BCUT2D eigenvalue weighted by Gasteiger charge is -1.93. The lowest BCUT2D eigenvalue weighted by molar-refractivity contribution is 0.505. The van der Waals surface area contributed by atoms with E-state index < -0.39 is 0 Å². The van der Waals surface area contributed by atoms with Gasteiger partial charge in [-0.05, 0) is 21.1 Å². The number of rotatable bonds is 5. The van der Waals surface area contributed by atoms with Gasteiger partial charge in [-0.25, -0.2) is 0 Å². The first-order chi connectivity index (χ1) is 5.65. The number of unbranched alkanes of at least 4 members (excludes halogenated alkanes) is 5. The maximum Gasteiger partial charge on any atom is -0.0140 e. The van der Waals surface area contributed by atoms with E-state index >= 15 is 0 Å². The molecule has 0 rings (SSSR count). The molecule has 75 valence electrons. The second-order valence-electron chi connectivity index (χ2n) is 3.61. The molecule has 0 fully saturated rings. The normalized spacial score (nSPS) is 9.50. The monoisotopic (exact) mass is 172 g/mol. The van der Waals surface area contributed by atoms with E-state index in [0.29, 0.717) is 0 Å². The van der Waals surface area contributed by atoms with E-state index in [1.165, 1.54) is 32.1 Å². The molecule has 0 aromatic carbocycles. The van der Waals surface area contributed by atoms with Crippen LogP contribution in [0.5, 0.6) is 0 Å². The molecule has 0 aliphatic rings. The molecule has 0 bridgehead atoms. The predicted octanol–water partition coefficient (Wildman–Crippen LogP) is 3.36. The first kappa shape index (κ1) is 14.5. The molecule has 0 heterocycles. The first-order valence-electron chi connectivity index (χ1n) is 5.05. The van der Waals surface area contributed by atoms with Crippen LogP contribution in [0.25, 0.3) is 0 Å². The summed E-state index contributed by atoms with van der Waals surface area (Å²) in [5.41, 5.74) is 0. The van der Waals surface area contributed by atoms with Gasteiger partial charge in [0.2, 0.25) is 0 Å². The number of hydrogen-bond acceptors (Lipinski definition) is 1.